The third-order valence-corrected chi connectivity index (χ3v) is 5.50. The number of nitrogens with two attached hydrogens (primary N) is 1. The van der Waals surface area contributed by atoms with E-state index in [2.05, 4.69) is 5.10 Å². The molecular weight excluding hydrogens is 288 g/mol. The van der Waals surface area contributed by atoms with Crippen molar-refractivity contribution in [3.05, 3.63) is 12.3 Å². The maximum absolute atomic E-state index is 12.2. The van der Waals surface area contributed by atoms with Gasteiger partial charge in [0.25, 0.3) is 0 Å². The molecule has 2 heterocycles. The van der Waals surface area contributed by atoms with Crippen LogP contribution in [0.3, 0.4) is 0 Å². The monoisotopic (exact) mass is 304 g/mol. The first-order chi connectivity index (χ1) is 8.88. The van der Waals surface area contributed by atoms with Crippen molar-refractivity contribution >= 4 is 33.3 Å². The molecular formula is C10H16N4O3S2. The van der Waals surface area contributed by atoms with E-state index in [-0.39, 0.29) is 12.5 Å². The number of nitrogens with zero attached hydrogens (tertiary/aromatic N) is 3. The van der Waals surface area contributed by atoms with Gasteiger partial charge in [0.1, 0.15) is 17.7 Å². The van der Waals surface area contributed by atoms with Crippen molar-refractivity contribution < 1.29 is 13.2 Å². The fourth-order valence-electron chi connectivity index (χ4n) is 1.92. The van der Waals surface area contributed by atoms with Gasteiger partial charge in [0.05, 0.1) is 0 Å². The minimum absolute atomic E-state index is 0.00782. The molecule has 2 rings (SSSR count). The Bertz CT molecular complexity index is 569. The lowest BCUT2D eigenvalue weighted by molar-refractivity contribution is -0.132. The molecule has 1 aliphatic heterocycles. The third-order valence-electron chi connectivity index (χ3n) is 2.86. The first-order valence-electron chi connectivity index (χ1n) is 5.73. The van der Waals surface area contributed by atoms with E-state index in [1.165, 1.54) is 9.58 Å². The van der Waals surface area contributed by atoms with Crippen molar-refractivity contribution in [1.29, 1.82) is 0 Å². The van der Waals surface area contributed by atoms with Gasteiger partial charge < -0.3 is 10.6 Å². The van der Waals surface area contributed by atoms with Gasteiger partial charge in [0.15, 0.2) is 9.84 Å². The van der Waals surface area contributed by atoms with Crippen LogP contribution in [0.4, 0.5) is 5.82 Å². The second-order valence-corrected chi connectivity index (χ2v) is 7.74. The van der Waals surface area contributed by atoms with Gasteiger partial charge in [-0.15, -0.1) is 0 Å². The van der Waals surface area contributed by atoms with Crippen molar-refractivity contribution in [2.75, 3.05) is 30.0 Å². The van der Waals surface area contributed by atoms with Crippen molar-refractivity contribution in [2.24, 2.45) is 0 Å². The van der Waals surface area contributed by atoms with E-state index in [0.717, 1.165) is 12.0 Å². The molecule has 1 aromatic heterocycles. The molecule has 1 fully saturated rings. The molecule has 106 valence electrons. The SMILES string of the molecule is CS(=O)(=O)C1CSCCN1C(=O)Cn1ccc(N)n1. The van der Waals surface area contributed by atoms with E-state index in [0.29, 0.717) is 18.1 Å². The summed E-state index contributed by atoms with van der Waals surface area (Å²) >= 11 is 1.55. The number of hydrogen-bond acceptors (Lipinski definition) is 6. The Morgan fingerprint density at radius 3 is 2.95 bits per heavy atom. The fraction of sp³-hybridized carbons (Fsp3) is 0.600. The Balaban J connectivity index is 2.12. The smallest absolute Gasteiger partial charge is 0.245 e. The van der Waals surface area contributed by atoms with Crippen molar-refractivity contribution in [2.45, 2.75) is 11.9 Å². The van der Waals surface area contributed by atoms with Crippen LogP contribution in [0.2, 0.25) is 0 Å². The Hall–Kier alpha value is -1.22. The van der Waals surface area contributed by atoms with Gasteiger partial charge in [-0.25, -0.2) is 8.42 Å². The second-order valence-electron chi connectivity index (χ2n) is 4.38. The van der Waals surface area contributed by atoms with Crippen LogP contribution < -0.4 is 5.73 Å². The van der Waals surface area contributed by atoms with Gasteiger partial charge >= 0.3 is 0 Å². The van der Waals surface area contributed by atoms with E-state index >= 15 is 0 Å². The number of amides is 1. The van der Waals surface area contributed by atoms with Crippen LogP contribution in [0, 0.1) is 0 Å². The predicted octanol–water partition coefficient (Wildman–Crippen LogP) is -0.589. The number of nitrogen functional groups attached to an aromatic ring is 1. The minimum Gasteiger partial charge on any atom is -0.382 e. The molecule has 0 spiro atoms. The molecule has 1 aliphatic rings. The quantitative estimate of drug-likeness (QED) is 0.801. The number of rotatable bonds is 3. The van der Waals surface area contributed by atoms with E-state index in [1.54, 1.807) is 24.0 Å². The summed E-state index contributed by atoms with van der Waals surface area (Å²) in [5.74, 6) is 1.26. The van der Waals surface area contributed by atoms with Crippen molar-refractivity contribution in [3.63, 3.8) is 0 Å². The van der Waals surface area contributed by atoms with E-state index in [9.17, 15) is 13.2 Å². The number of carbonyl (C=O) groups excluding carboxylic acids is 1. The van der Waals surface area contributed by atoms with Crippen LogP contribution in [0.25, 0.3) is 0 Å². The summed E-state index contributed by atoms with van der Waals surface area (Å²) < 4.78 is 24.8. The second kappa shape index (κ2) is 5.41. The minimum atomic E-state index is -3.28. The summed E-state index contributed by atoms with van der Waals surface area (Å²) in [7, 11) is -3.28. The van der Waals surface area contributed by atoms with Crippen LogP contribution in [-0.4, -0.2) is 58.7 Å². The van der Waals surface area contributed by atoms with Gasteiger partial charge in [-0.3, -0.25) is 9.48 Å². The first-order valence-corrected chi connectivity index (χ1v) is 8.84. The molecule has 0 radical (unpaired) electrons. The summed E-state index contributed by atoms with van der Waals surface area (Å²) in [5.41, 5.74) is 5.47. The molecule has 0 bridgehead atoms. The topological polar surface area (TPSA) is 98.3 Å². The summed E-state index contributed by atoms with van der Waals surface area (Å²) in [6.07, 6.45) is 2.76. The zero-order valence-corrected chi connectivity index (χ0v) is 12.2. The highest BCUT2D eigenvalue weighted by Gasteiger charge is 2.34. The molecule has 0 aromatic carbocycles. The molecule has 1 amide bonds. The molecule has 9 heteroatoms. The van der Waals surface area contributed by atoms with Crippen LogP contribution in [0.5, 0.6) is 0 Å². The van der Waals surface area contributed by atoms with E-state index < -0.39 is 15.2 Å². The maximum atomic E-state index is 12.2. The highest BCUT2D eigenvalue weighted by atomic mass is 32.2. The van der Waals surface area contributed by atoms with Gasteiger partial charge in [-0.1, -0.05) is 0 Å². The molecule has 0 aliphatic carbocycles. The van der Waals surface area contributed by atoms with Crippen LogP contribution >= 0.6 is 11.8 Å². The normalized spacial score (nSPS) is 20.5. The summed E-state index contributed by atoms with van der Waals surface area (Å²) in [4.78, 5) is 13.6. The van der Waals surface area contributed by atoms with E-state index in [4.69, 9.17) is 5.73 Å². The fourth-order valence-corrected chi connectivity index (χ4v) is 4.75. The average molecular weight is 304 g/mol. The van der Waals surface area contributed by atoms with Gasteiger partial charge in [0.2, 0.25) is 5.91 Å². The Kier molecular flexibility index (Phi) is 4.04. The average Bonchev–Trinajstić information content (AvgIpc) is 2.73. The standard InChI is InChI=1S/C10H16N4O3S2/c1-19(16,17)10-7-18-5-4-14(10)9(15)6-13-3-2-8(11)12-13/h2-3,10H,4-7H2,1H3,(H2,11,12). The summed E-state index contributed by atoms with van der Waals surface area (Å²) in [6.45, 7) is 0.450. The Morgan fingerprint density at radius 1 is 1.63 bits per heavy atom. The molecule has 2 N–H and O–H groups in total. The number of carbonyl (C=O) groups is 1. The lowest BCUT2D eigenvalue weighted by Gasteiger charge is -2.34. The van der Waals surface area contributed by atoms with Crippen LogP contribution in [0.15, 0.2) is 12.3 Å². The number of sulfone groups is 1. The van der Waals surface area contributed by atoms with Crippen LogP contribution in [-0.2, 0) is 21.2 Å². The first kappa shape index (κ1) is 14.2. The van der Waals surface area contributed by atoms with Gasteiger partial charge in [-0.2, -0.15) is 16.9 Å². The predicted molar refractivity (Wildman–Crippen MR) is 74.3 cm³/mol. The Morgan fingerprint density at radius 2 is 2.37 bits per heavy atom. The molecule has 0 saturated carbocycles. The molecule has 1 saturated heterocycles. The number of thioether (sulfide) groups is 1. The lowest BCUT2D eigenvalue weighted by atomic mass is 10.4. The van der Waals surface area contributed by atoms with Crippen molar-refractivity contribution in [1.82, 2.24) is 14.7 Å². The van der Waals surface area contributed by atoms with Crippen LogP contribution in [0.1, 0.15) is 0 Å². The summed E-state index contributed by atoms with van der Waals surface area (Å²) in [5, 5.41) is 3.18. The Labute approximate surface area is 116 Å². The van der Waals surface area contributed by atoms with Crippen molar-refractivity contribution in [3.8, 4) is 0 Å². The number of aromatic nitrogens is 2. The summed E-state index contributed by atoms with van der Waals surface area (Å²) in [6, 6.07) is 1.59. The number of hydrogen-bond donors (Lipinski definition) is 1. The molecule has 1 atom stereocenters. The molecule has 19 heavy (non-hydrogen) atoms. The zero-order chi connectivity index (χ0) is 14.0. The largest absolute Gasteiger partial charge is 0.382 e. The van der Waals surface area contributed by atoms with Gasteiger partial charge in [0, 0.05) is 30.5 Å². The molecule has 1 aromatic rings. The van der Waals surface area contributed by atoms with Gasteiger partial charge in [-0.05, 0) is 6.07 Å². The third kappa shape index (κ3) is 3.41. The molecule has 1 unspecified atom stereocenters. The maximum Gasteiger partial charge on any atom is 0.245 e. The number of anilines is 1. The highest BCUT2D eigenvalue weighted by Crippen LogP contribution is 2.20. The zero-order valence-electron chi connectivity index (χ0n) is 10.5. The molecule has 7 nitrogen and oxygen atoms in total. The van der Waals surface area contributed by atoms with E-state index in [1.807, 2.05) is 0 Å². The highest BCUT2D eigenvalue weighted by molar-refractivity contribution is 8.00. The lowest BCUT2D eigenvalue weighted by Crippen LogP contribution is -2.50.